The van der Waals surface area contributed by atoms with Crippen LogP contribution in [0.25, 0.3) is 0 Å². The minimum Gasteiger partial charge on any atom is -0.489 e. The summed E-state index contributed by atoms with van der Waals surface area (Å²) in [6.45, 7) is 2.91. The highest BCUT2D eigenvalue weighted by Gasteiger charge is 2.15. The van der Waals surface area contributed by atoms with Crippen molar-refractivity contribution in [3.63, 3.8) is 0 Å². The van der Waals surface area contributed by atoms with Gasteiger partial charge in [0.05, 0.1) is 19.8 Å². The zero-order valence-electron chi connectivity index (χ0n) is 17.6. The summed E-state index contributed by atoms with van der Waals surface area (Å²) in [6.07, 6.45) is 1.42. The van der Waals surface area contributed by atoms with Crippen molar-refractivity contribution in [1.29, 1.82) is 0 Å². The molecular weight excluding hydrogens is 392 g/mol. The smallest absolute Gasteiger partial charge is 0.165 e. The minimum atomic E-state index is -0.198. The van der Waals surface area contributed by atoms with E-state index in [-0.39, 0.29) is 6.29 Å². The Morgan fingerprint density at radius 1 is 0.677 bits per heavy atom. The van der Waals surface area contributed by atoms with Crippen molar-refractivity contribution < 1.29 is 23.7 Å². The average molecular weight is 421 g/mol. The molecule has 1 fully saturated rings. The molecule has 0 saturated carbocycles. The fourth-order valence-corrected chi connectivity index (χ4v) is 3.25. The second-order valence-corrected chi connectivity index (χ2v) is 7.32. The summed E-state index contributed by atoms with van der Waals surface area (Å²) in [7, 11) is 0. The predicted molar refractivity (Wildman–Crippen MR) is 118 cm³/mol. The highest BCUT2D eigenvalue weighted by atomic mass is 16.7. The van der Waals surface area contributed by atoms with E-state index in [1.54, 1.807) is 0 Å². The normalized spacial score (nSPS) is 14.2. The Hall–Kier alpha value is -3.02. The van der Waals surface area contributed by atoms with Crippen molar-refractivity contribution in [3.8, 4) is 17.2 Å². The van der Waals surface area contributed by atoms with Crippen LogP contribution in [0.15, 0.2) is 78.9 Å². The average Bonchev–Trinajstić information content (AvgIpc) is 2.84. The lowest BCUT2D eigenvalue weighted by Crippen LogP contribution is -2.26. The molecule has 1 aliphatic heterocycles. The molecule has 0 N–H and O–H groups in total. The molecule has 0 amide bonds. The molecule has 3 aromatic rings. The molecular formula is C26H28O5. The van der Waals surface area contributed by atoms with Crippen LogP contribution in [-0.2, 0) is 22.7 Å². The third-order valence-electron chi connectivity index (χ3n) is 4.91. The zero-order valence-corrected chi connectivity index (χ0v) is 17.6. The van der Waals surface area contributed by atoms with Gasteiger partial charge in [-0.25, -0.2) is 0 Å². The van der Waals surface area contributed by atoms with Crippen LogP contribution < -0.4 is 14.2 Å². The topological polar surface area (TPSA) is 46.2 Å². The fraction of sp³-hybridized carbons (Fsp3) is 0.308. The Morgan fingerprint density at radius 3 is 2.00 bits per heavy atom. The molecule has 0 aliphatic carbocycles. The Kier molecular flexibility index (Phi) is 7.80. The molecule has 3 aromatic carbocycles. The van der Waals surface area contributed by atoms with Crippen LogP contribution in [0.5, 0.6) is 17.2 Å². The summed E-state index contributed by atoms with van der Waals surface area (Å²) in [5, 5.41) is 0. The first kappa shape index (κ1) is 21.2. The van der Waals surface area contributed by atoms with Gasteiger partial charge in [-0.15, -0.1) is 0 Å². The van der Waals surface area contributed by atoms with Crippen molar-refractivity contribution in [1.82, 2.24) is 0 Å². The Bertz CT molecular complexity index is 908. The van der Waals surface area contributed by atoms with E-state index in [9.17, 15) is 0 Å². The first-order valence-electron chi connectivity index (χ1n) is 10.7. The van der Waals surface area contributed by atoms with Crippen LogP contribution in [0.2, 0.25) is 0 Å². The Labute approximate surface area is 183 Å². The van der Waals surface area contributed by atoms with Gasteiger partial charge in [0.25, 0.3) is 0 Å². The van der Waals surface area contributed by atoms with Gasteiger partial charge in [0, 0.05) is 12.5 Å². The molecule has 0 bridgehead atoms. The molecule has 0 aromatic heterocycles. The van der Waals surface area contributed by atoms with E-state index in [0.717, 1.165) is 36.5 Å². The van der Waals surface area contributed by atoms with Gasteiger partial charge in [-0.3, -0.25) is 0 Å². The molecule has 5 nitrogen and oxygen atoms in total. The van der Waals surface area contributed by atoms with Crippen LogP contribution in [-0.4, -0.2) is 26.1 Å². The van der Waals surface area contributed by atoms with E-state index < -0.39 is 0 Å². The zero-order chi connectivity index (χ0) is 21.1. The van der Waals surface area contributed by atoms with Gasteiger partial charge in [-0.05, 0) is 29.7 Å². The lowest BCUT2D eigenvalue weighted by atomic mass is 10.2. The van der Waals surface area contributed by atoms with Gasteiger partial charge >= 0.3 is 0 Å². The molecule has 4 rings (SSSR count). The second-order valence-electron chi connectivity index (χ2n) is 7.32. The molecule has 1 heterocycles. The molecule has 1 aliphatic rings. The van der Waals surface area contributed by atoms with Crippen LogP contribution in [0.1, 0.15) is 24.0 Å². The third-order valence-corrected chi connectivity index (χ3v) is 4.91. The lowest BCUT2D eigenvalue weighted by molar-refractivity contribution is -0.183. The van der Waals surface area contributed by atoms with Crippen molar-refractivity contribution in [2.45, 2.75) is 32.3 Å². The summed E-state index contributed by atoms with van der Waals surface area (Å²) in [5.74, 6) is 2.07. The SMILES string of the molecule is c1ccc(COc2ccc(OCCC3OCCCO3)c(OCc3ccccc3)c2)cc1. The second kappa shape index (κ2) is 11.4. The number of hydrogen-bond acceptors (Lipinski definition) is 5. The highest BCUT2D eigenvalue weighted by Crippen LogP contribution is 2.33. The van der Waals surface area contributed by atoms with E-state index in [1.165, 1.54) is 0 Å². The maximum absolute atomic E-state index is 6.09. The van der Waals surface area contributed by atoms with Crippen molar-refractivity contribution in [3.05, 3.63) is 90.0 Å². The molecule has 0 spiro atoms. The van der Waals surface area contributed by atoms with E-state index in [2.05, 4.69) is 0 Å². The molecule has 0 unspecified atom stereocenters. The van der Waals surface area contributed by atoms with Gasteiger partial charge in [-0.1, -0.05) is 60.7 Å². The van der Waals surface area contributed by atoms with Crippen LogP contribution in [0, 0.1) is 0 Å². The van der Waals surface area contributed by atoms with E-state index in [0.29, 0.717) is 37.7 Å². The first-order chi connectivity index (χ1) is 15.4. The summed E-state index contributed by atoms with van der Waals surface area (Å²) < 4.78 is 29.2. The largest absolute Gasteiger partial charge is 0.489 e. The molecule has 162 valence electrons. The standard InChI is InChI=1S/C26H28O5/c1-3-8-21(9-4-1)19-30-23-12-13-24(27-17-14-26-28-15-7-16-29-26)25(18-23)31-20-22-10-5-2-6-11-22/h1-6,8-13,18,26H,7,14-17,19-20H2. The van der Waals surface area contributed by atoms with E-state index >= 15 is 0 Å². The van der Waals surface area contributed by atoms with Crippen molar-refractivity contribution >= 4 is 0 Å². The van der Waals surface area contributed by atoms with Crippen LogP contribution >= 0.6 is 0 Å². The maximum atomic E-state index is 6.09. The summed E-state index contributed by atoms with van der Waals surface area (Å²) >= 11 is 0. The monoisotopic (exact) mass is 420 g/mol. The van der Waals surface area contributed by atoms with Crippen molar-refractivity contribution in [2.24, 2.45) is 0 Å². The van der Waals surface area contributed by atoms with E-state index in [4.69, 9.17) is 23.7 Å². The predicted octanol–water partition coefficient (Wildman–Crippen LogP) is 5.38. The number of ether oxygens (including phenoxy) is 5. The number of benzene rings is 3. The Morgan fingerprint density at radius 2 is 1.32 bits per heavy atom. The summed E-state index contributed by atoms with van der Waals surface area (Å²) in [4.78, 5) is 0. The third kappa shape index (κ3) is 6.74. The molecule has 0 atom stereocenters. The van der Waals surface area contributed by atoms with Crippen LogP contribution in [0.4, 0.5) is 0 Å². The van der Waals surface area contributed by atoms with Gasteiger partial charge in [-0.2, -0.15) is 0 Å². The summed E-state index contributed by atoms with van der Waals surface area (Å²) in [6, 6.07) is 25.8. The van der Waals surface area contributed by atoms with E-state index in [1.807, 2.05) is 78.9 Å². The lowest BCUT2D eigenvalue weighted by Gasteiger charge is -2.23. The molecule has 0 radical (unpaired) electrons. The number of rotatable bonds is 10. The fourth-order valence-electron chi connectivity index (χ4n) is 3.25. The van der Waals surface area contributed by atoms with Gasteiger partial charge in [0.1, 0.15) is 19.0 Å². The molecule has 5 heteroatoms. The van der Waals surface area contributed by atoms with Gasteiger partial charge < -0.3 is 23.7 Å². The van der Waals surface area contributed by atoms with Gasteiger partial charge in [0.15, 0.2) is 17.8 Å². The van der Waals surface area contributed by atoms with Crippen LogP contribution in [0.3, 0.4) is 0 Å². The Balaban J connectivity index is 1.40. The molecule has 31 heavy (non-hydrogen) atoms. The quantitative estimate of drug-likeness (QED) is 0.441. The first-order valence-corrected chi connectivity index (χ1v) is 10.7. The number of hydrogen-bond donors (Lipinski definition) is 0. The maximum Gasteiger partial charge on any atom is 0.165 e. The summed E-state index contributed by atoms with van der Waals surface area (Å²) in [5.41, 5.74) is 2.20. The van der Waals surface area contributed by atoms with Gasteiger partial charge in [0.2, 0.25) is 0 Å². The minimum absolute atomic E-state index is 0.198. The highest BCUT2D eigenvalue weighted by molar-refractivity contribution is 5.45. The molecule has 1 saturated heterocycles. The van der Waals surface area contributed by atoms with Crippen molar-refractivity contribution in [2.75, 3.05) is 19.8 Å².